The molecule has 0 aliphatic carbocycles. The van der Waals surface area contributed by atoms with Crippen LogP contribution in [0.1, 0.15) is 11.1 Å². The van der Waals surface area contributed by atoms with Crippen LogP contribution in [-0.4, -0.2) is 7.05 Å². The molecule has 1 N–H and O–H groups in total. The van der Waals surface area contributed by atoms with Crippen LogP contribution in [0.5, 0.6) is 5.75 Å². The van der Waals surface area contributed by atoms with Gasteiger partial charge in [0.1, 0.15) is 24.0 Å². The van der Waals surface area contributed by atoms with Crippen molar-refractivity contribution in [2.75, 3.05) is 7.05 Å². The van der Waals surface area contributed by atoms with Crippen molar-refractivity contribution >= 4 is 11.6 Å². The van der Waals surface area contributed by atoms with Crippen LogP contribution in [-0.2, 0) is 13.2 Å². The van der Waals surface area contributed by atoms with Gasteiger partial charge in [-0.05, 0) is 30.8 Å². The predicted molar refractivity (Wildman–Crippen MR) is 74.9 cm³/mol. The van der Waals surface area contributed by atoms with Crippen molar-refractivity contribution < 1.29 is 13.5 Å². The summed E-state index contributed by atoms with van der Waals surface area (Å²) in [4.78, 5) is 0. The summed E-state index contributed by atoms with van der Waals surface area (Å²) in [5, 5.41) is 2.97. The second-order valence-electron chi connectivity index (χ2n) is 4.33. The van der Waals surface area contributed by atoms with Crippen LogP contribution in [0.4, 0.5) is 8.78 Å². The molecule has 20 heavy (non-hydrogen) atoms. The minimum atomic E-state index is -0.513. The van der Waals surface area contributed by atoms with E-state index in [9.17, 15) is 8.78 Å². The average Bonchev–Trinajstić information content (AvgIpc) is 2.40. The summed E-state index contributed by atoms with van der Waals surface area (Å²) in [6.45, 7) is 0.522. The molecule has 0 amide bonds. The van der Waals surface area contributed by atoms with Crippen LogP contribution >= 0.6 is 11.6 Å². The summed E-state index contributed by atoms with van der Waals surface area (Å²) in [5.74, 6) is -0.546. The highest BCUT2D eigenvalue weighted by Crippen LogP contribution is 2.21. The first-order valence-electron chi connectivity index (χ1n) is 6.10. The third kappa shape index (κ3) is 3.68. The monoisotopic (exact) mass is 297 g/mol. The molecular weight excluding hydrogens is 284 g/mol. The molecule has 0 fully saturated rings. The molecule has 0 heterocycles. The van der Waals surface area contributed by atoms with E-state index in [-0.39, 0.29) is 17.4 Å². The van der Waals surface area contributed by atoms with Crippen LogP contribution in [0.15, 0.2) is 36.4 Å². The van der Waals surface area contributed by atoms with E-state index in [2.05, 4.69) is 5.32 Å². The number of hydrogen-bond acceptors (Lipinski definition) is 2. The van der Waals surface area contributed by atoms with E-state index in [4.69, 9.17) is 16.3 Å². The Morgan fingerprint density at radius 1 is 1.20 bits per heavy atom. The van der Waals surface area contributed by atoms with Gasteiger partial charge in [0.2, 0.25) is 0 Å². The third-order valence-corrected chi connectivity index (χ3v) is 3.03. The largest absolute Gasteiger partial charge is 0.489 e. The van der Waals surface area contributed by atoms with Gasteiger partial charge < -0.3 is 10.1 Å². The molecule has 0 spiro atoms. The average molecular weight is 298 g/mol. The van der Waals surface area contributed by atoms with Gasteiger partial charge in [-0.3, -0.25) is 0 Å². The van der Waals surface area contributed by atoms with Crippen LogP contribution in [0.3, 0.4) is 0 Å². The third-order valence-electron chi connectivity index (χ3n) is 2.74. The molecule has 0 aliphatic rings. The standard InChI is InChI=1S/C15H14ClF2NO/c1-19-8-10-5-12(17)7-13(6-10)20-9-11-3-2-4-14(16)15(11)18/h2-7,19H,8-9H2,1H3. The first-order chi connectivity index (χ1) is 9.60. The number of rotatable bonds is 5. The fourth-order valence-electron chi connectivity index (χ4n) is 1.83. The van der Waals surface area contributed by atoms with Gasteiger partial charge in [-0.15, -0.1) is 0 Å². The minimum Gasteiger partial charge on any atom is -0.489 e. The molecule has 2 rings (SSSR count). The fourth-order valence-corrected chi connectivity index (χ4v) is 2.03. The predicted octanol–water partition coefficient (Wildman–Crippen LogP) is 3.92. The van der Waals surface area contributed by atoms with E-state index in [1.165, 1.54) is 18.2 Å². The molecule has 0 aliphatic heterocycles. The quantitative estimate of drug-likeness (QED) is 0.903. The van der Waals surface area contributed by atoms with E-state index < -0.39 is 5.82 Å². The Kier molecular flexibility index (Phi) is 4.93. The number of halogens is 3. The maximum absolute atomic E-state index is 13.7. The number of nitrogens with one attached hydrogen (secondary N) is 1. The minimum absolute atomic E-state index is 0.00512. The summed E-state index contributed by atoms with van der Waals surface area (Å²) in [6, 6.07) is 9.08. The van der Waals surface area contributed by atoms with Crippen molar-refractivity contribution in [2.45, 2.75) is 13.2 Å². The second-order valence-corrected chi connectivity index (χ2v) is 4.73. The molecule has 0 aromatic heterocycles. The van der Waals surface area contributed by atoms with Gasteiger partial charge in [0, 0.05) is 18.2 Å². The van der Waals surface area contributed by atoms with E-state index in [1.807, 2.05) is 0 Å². The zero-order valence-electron chi connectivity index (χ0n) is 10.9. The van der Waals surface area contributed by atoms with Gasteiger partial charge in [-0.25, -0.2) is 8.78 Å². The highest BCUT2D eigenvalue weighted by Gasteiger charge is 2.08. The first-order valence-corrected chi connectivity index (χ1v) is 6.47. The van der Waals surface area contributed by atoms with Crippen molar-refractivity contribution in [3.8, 4) is 5.75 Å². The van der Waals surface area contributed by atoms with Gasteiger partial charge in [0.25, 0.3) is 0 Å². The first kappa shape index (κ1) is 14.8. The Hall–Kier alpha value is -1.65. The number of ether oxygens (including phenoxy) is 1. The molecule has 0 saturated carbocycles. The van der Waals surface area contributed by atoms with Gasteiger partial charge in [0.15, 0.2) is 0 Å². The lowest BCUT2D eigenvalue weighted by atomic mass is 10.2. The van der Waals surface area contributed by atoms with E-state index in [1.54, 1.807) is 25.2 Å². The molecule has 0 radical (unpaired) electrons. The number of hydrogen-bond donors (Lipinski definition) is 1. The van der Waals surface area contributed by atoms with Crippen LogP contribution in [0.2, 0.25) is 5.02 Å². The molecule has 5 heteroatoms. The normalized spacial score (nSPS) is 10.6. The van der Waals surface area contributed by atoms with Crippen molar-refractivity contribution in [2.24, 2.45) is 0 Å². The molecule has 0 atom stereocenters. The summed E-state index contributed by atoms with van der Waals surface area (Å²) in [6.07, 6.45) is 0. The molecule has 0 saturated heterocycles. The lowest BCUT2D eigenvalue weighted by molar-refractivity contribution is 0.298. The zero-order chi connectivity index (χ0) is 14.5. The number of benzene rings is 2. The summed E-state index contributed by atoms with van der Waals surface area (Å²) in [5.41, 5.74) is 1.09. The van der Waals surface area contributed by atoms with Gasteiger partial charge in [-0.1, -0.05) is 23.7 Å². The van der Waals surface area contributed by atoms with Gasteiger partial charge >= 0.3 is 0 Å². The highest BCUT2D eigenvalue weighted by molar-refractivity contribution is 6.30. The van der Waals surface area contributed by atoms with Crippen molar-refractivity contribution in [3.63, 3.8) is 0 Å². The molecule has 0 unspecified atom stereocenters. The Bertz CT molecular complexity index is 604. The van der Waals surface area contributed by atoms with Gasteiger partial charge in [-0.2, -0.15) is 0 Å². The zero-order valence-corrected chi connectivity index (χ0v) is 11.7. The molecule has 106 valence electrons. The lowest BCUT2D eigenvalue weighted by Crippen LogP contribution is -2.06. The van der Waals surface area contributed by atoms with Crippen LogP contribution in [0, 0.1) is 11.6 Å². The lowest BCUT2D eigenvalue weighted by Gasteiger charge is -2.10. The maximum atomic E-state index is 13.7. The summed E-state index contributed by atoms with van der Waals surface area (Å²) >= 11 is 5.69. The molecule has 2 aromatic rings. The van der Waals surface area contributed by atoms with Crippen molar-refractivity contribution in [1.82, 2.24) is 5.32 Å². The van der Waals surface area contributed by atoms with Crippen molar-refractivity contribution in [1.29, 1.82) is 0 Å². The Morgan fingerprint density at radius 2 is 2.00 bits per heavy atom. The van der Waals surface area contributed by atoms with Gasteiger partial charge in [0.05, 0.1) is 5.02 Å². The molecule has 2 aromatic carbocycles. The fraction of sp³-hybridized carbons (Fsp3) is 0.200. The smallest absolute Gasteiger partial charge is 0.148 e. The topological polar surface area (TPSA) is 21.3 Å². The molecule has 2 nitrogen and oxygen atoms in total. The molecule has 0 bridgehead atoms. The Morgan fingerprint density at radius 3 is 2.75 bits per heavy atom. The van der Waals surface area contributed by atoms with Crippen LogP contribution in [0.25, 0.3) is 0 Å². The maximum Gasteiger partial charge on any atom is 0.148 e. The highest BCUT2D eigenvalue weighted by atomic mass is 35.5. The Balaban J connectivity index is 2.12. The molecular formula is C15H14ClF2NO. The summed E-state index contributed by atoms with van der Waals surface area (Å²) in [7, 11) is 1.77. The van der Waals surface area contributed by atoms with E-state index in [0.29, 0.717) is 17.9 Å². The van der Waals surface area contributed by atoms with E-state index >= 15 is 0 Å². The Labute approximate surface area is 121 Å². The van der Waals surface area contributed by atoms with Crippen LogP contribution < -0.4 is 10.1 Å². The van der Waals surface area contributed by atoms with E-state index in [0.717, 1.165) is 5.56 Å². The van der Waals surface area contributed by atoms with Crippen molar-refractivity contribution in [3.05, 3.63) is 64.2 Å². The summed E-state index contributed by atoms with van der Waals surface area (Å²) < 4.78 is 32.5. The SMILES string of the molecule is CNCc1cc(F)cc(OCc2cccc(Cl)c2F)c1. The second kappa shape index (κ2) is 6.68.